The Kier molecular flexibility index (Phi) is 5.00. The molecular formula is C17H18BrN5O4S. The Balaban J connectivity index is 1.41. The normalized spacial score (nSPS) is 16.6. The summed E-state index contributed by atoms with van der Waals surface area (Å²) >= 11 is 3.44. The van der Waals surface area contributed by atoms with Crippen molar-refractivity contribution in [1.82, 2.24) is 18.6 Å². The highest BCUT2D eigenvalue weighted by molar-refractivity contribution is 9.10. The molecule has 1 amide bonds. The number of furan rings is 1. The third-order valence-corrected chi connectivity index (χ3v) is 6.84. The number of fused-ring (bicyclic) bond motifs is 1. The molecule has 3 aromatic heterocycles. The number of pyridine rings is 1. The number of aromatic nitrogens is 2. The molecule has 28 heavy (non-hydrogen) atoms. The van der Waals surface area contributed by atoms with Gasteiger partial charge in [0.25, 0.3) is 15.9 Å². The Morgan fingerprint density at radius 1 is 1.14 bits per heavy atom. The van der Waals surface area contributed by atoms with Gasteiger partial charge in [0, 0.05) is 49.6 Å². The third-order valence-electron chi connectivity index (χ3n) is 4.60. The zero-order chi connectivity index (χ0) is 19.9. The number of primary amides is 1. The van der Waals surface area contributed by atoms with Gasteiger partial charge in [-0.15, -0.1) is 0 Å². The quantitative estimate of drug-likeness (QED) is 0.604. The Morgan fingerprint density at radius 2 is 1.89 bits per heavy atom. The fourth-order valence-electron chi connectivity index (χ4n) is 3.17. The predicted molar refractivity (Wildman–Crippen MR) is 104 cm³/mol. The number of nitrogens with two attached hydrogens (primary N) is 1. The van der Waals surface area contributed by atoms with Crippen molar-refractivity contribution in [3.05, 3.63) is 52.6 Å². The lowest BCUT2D eigenvalue weighted by atomic mass is 10.3. The zero-order valence-electron chi connectivity index (χ0n) is 14.8. The maximum atomic E-state index is 12.7. The van der Waals surface area contributed by atoms with Crippen LogP contribution < -0.4 is 5.73 Å². The topological polar surface area (TPSA) is 114 Å². The molecule has 0 unspecified atom stereocenters. The summed E-state index contributed by atoms with van der Waals surface area (Å²) in [5, 5.41) is -0.263. The van der Waals surface area contributed by atoms with Gasteiger partial charge in [0.15, 0.2) is 5.76 Å². The van der Waals surface area contributed by atoms with Crippen LogP contribution in [-0.2, 0) is 16.6 Å². The first-order valence-corrected chi connectivity index (χ1v) is 10.8. The standard InChI is InChI=1S/C17H18BrN5O4S/c18-12-1-3-15-20-13(11-22(15)9-12)10-21-5-7-23(8-6-21)28(25,26)16-4-2-14(27-16)17(19)24/h1-4,9,11H,5-8,10H2,(H2,19,24). The average Bonchev–Trinajstić information content (AvgIpc) is 3.29. The summed E-state index contributed by atoms with van der Waals surface area (Å²) in [6.45, 7) is 2.43. The number of piperazine rings is 1. The smallest absolute Gasteiger partial charge is 0.284 e. The summed E-state index contributed by atoms with van der Waals surface area (Å²) in [5.74, 6) is -0.971. The minimum absolute atomic E-state index is 0.171. The van der Waals surface area contributed by atoms with E-state index in [2.05, 4.69) is 25.8 Å². The van der Waals surface area contributed by atoms with E-state index in [1.807, 2.05) is 28.9 Å². The van der Waals surface area contributed by atoms with E-state index in [4.69, 9.17) is 10.2 Å². The van der Waals surface area contributed by atoms with Crippen LogP contribution >= 0.6 is 15.9 Å². The molecule has 4 heterocycles. The van der Waals surface area contributed by atoms with Crippen molar-refractivity contribution < 1.29 is 17.6 Å². The van der Waals surface area contributed by atoms with E-state index in [0.717, 1.165) is 15.8 Å². The second kappa shape index (κ2) is 7.32. The molecule has 0 radical (unpaired) electrons. The van der Waals surface area contributed by atoms with Gasteiger partial charge in [-0.25, -0.2) is 13.4 Å². The van der Waals surface area contributed by atoms with Crippen LogP contribution in [-0.4, -0.2) is 59.1 Å². The molecule has 0 aliphatic carbocycles. The third kappa shape index (κ3) is 3.70. The molecular weight excluding hydrogens is 450 g/mol. The zero-order valence-corrected chi connectivity index (χ0v) is 17.2. The number of amides is 1. The minimum atomic E-state index is -3.79. The molecule has 148 valence electrons. The number of hydrogen-bond donors (Lipinski definition) is 1. The van der Waals surface area contributed by atoms with Crippen LogP contribution in [0, 0.1) is 0 Å². The number of hydrogen-bond acceptors (Lipinski definition) is 6. The first kappa shape index (κ1) is 19.1. The van der Waals surface area contributed by atoms with Crippen molar-refractivity contribution in [3.63, 3.8) is 0 Å². The lowest BCUT2D eigenvalue weighted by molar-refractivity contribution is 0.0968. The Hall–Kier alpha value is -2.21. The molecule has 3 aromatic rings. The Labute approximate surface area is 169 Å². The van der Waals surface area contributed by atoms with E-state index in [-0.39, 0.29) is 10.9 Å². The van der Waals surface area contributed by atoms with Crippen LogP contribution in [0.25, 0.3) is 5.65 Å². The summed E-state index contributed by atoms with van der Waals surface area (Å²) in [7, 11) is -3.79. The van der Waals surface area contributed by atoms with E-state index in [1.165, 1.54) is 16.4 Å². The van der Waals surface area contributed by atoms with Crippen LogP contribution in [0.3, 0.4) is 0 Å². The maximum Gasteiger partial charge on any atom is 0.284 e. The molecule has 4 rings (SSSR count). The lowest BCUT2D eigenvalue weighted by Crippen LogP contribution is -2.48. The summed E-state index contributed by atoms with van der Waals surface area (Å²) in [6, 6.07) is 6.40. The van der Waals surface area contributed by atoms with Crippen LogP contribution in [0.4, 0.5) is 0 Å². The van der Waals surface area contributed by atoms with Gasteiger partial charge in [-0.3, -0.25) is 9.69 Å². The molecule has 9 nitrogen and oxygen atoms in total. The first-order chi connectivity index (χ1) is 13.3. The largest absolute Gasteiger partial charge is 0.438 e. The molecule has 1 fully saturated rings. The van der Waals surface area contributed by atoms with Crippen LogP contribution in [0.15, 0.2) is 50.6 Å². The monoisotopic (exact) mass is 467 g/mol. The van der Waals surface area contributed by atoms with E-state index in [9.17, 15) is 13.2 Å². The number of imidazole rings is 1. The van der Waals surface area contributed by atoms with Crippen LogP contribution in [0.2, 0.25) is 0 Å². The van der Waals surface area contributed by atoms with Crippen molar-refractivity contribution in [3.8, 4) is 0 Å². The van der Waals surface area contributed by atoms with Gasteiger partial charge < -0.3 is 14.6 Å². The van der Waals surface area contributed by atoms with Crippen molar-refractivity contribution in [2.24, 2.45) is 5.73 Å². The average molecular weight is 468 g/mol. The first-order valence-electron chi connectivity index (χ1n) is 8.58. The SMILES string of the molecule is NC(=O)c1ccc(S(=O)(=O)N2CCN(Cc3cn4cc(Br)ccc4n3)CC2)o1. The molecule has 1 aliphatic heterocycles. The summed E-state index contributed by atoms with van der Waals surface area (Å²) < 4.78 is 34.7. The van der Waals surface area contributed by atoms with Crippen molar-refractivity contribution >= 4 is 37.5 Å². The molecule has 11 heteroatoms. The highest BCUT2D eigenvalue weighted by Crippen LogP contribution is 2.21. The Bertz CT molecular complexity index is 1130. The van der Waals surface area contributed by atoms with E-state index in [0.29, 0.717) is 32.7 Å². The number of rotatable bonds is 5. The second-order valence-electron chi connectivity index (χ2n) is 6.51. The van der Waals surface area contributed by atoms with Gasteiger partial charge in [0.1, 0.15) is 5.65 Å². The lowest BCUT2D eigenvalue weighted by Gasteiger charge is -2.32. The highest BCUT2D eigenvalue weighted by atomic mass is 79.9. The van der Waals surface area contributed by atoms with Gasteiger partial charge in [0.2, 0.25) is 5.09 Å². The van der Waals surface area contributed by atoms with Crippen LogP contribution in [0.1, 0.15) is 16.2 Å². The molecule has 1 saturated heterocycles. The molecule has 0 spiro atoms. The van der Waals surface area contributed by atoms with Gasteiger partial charge in [0.05, 0.1) is 5.69 Å². The van der Waals surface area contributed by atoms with E-state index in [1.54, 1.807) is 0 Å². The molecule has 1 aliphatic rings. The fraction of sp³-hybridized carbons (Fsp3) is 0.294. The minimum Gasteiger partial charge on any atom is -0.438 e. The maximum absolute atomic E-state index is 12.7. The molecule has 0 atom stereocenters. The number of carbonyl (C=O) groups is 1. The second-order valence-corrected chi connectivity index (χ2v) is 9.29. The van der Waals surface area contributed by atoms with Crippen molar-refractivity contribution in [1.29, 1.82) is 0 Å². The van der Waals surface area contributed by atoms with Crippen molar-refractivity contribution in [2.75, 3.05) is 26.2 Å². The molecule has 0 bridgehead atoms. The van der Waals surface area contributed by atoms with Gasteiger partial charge >= 0.3 is 0 Å². The fourth-order valence-corrected chi connectivity index (χ4v) is 4.86. The number of nitrogens with zero attached hydrogens (tertiary/aromatic N) is 4. The number of sulfonamides is 1. The van der Waals surface area contributed by atoms with Crippen LogP contribution in [0.5, 0.6) is 0 Å². The summed E-state index contributed by atoms with van der Waals surface area (Å²) in [5.41, 5.74) is 6.90. The molecule has 2 N–H and O–H groups in total. The van der Waals surface area contributed by atoms with E-state index >= 15 is 0 Å². The van der Waals surface area contributed by atoms with Gasteiger partial charge in [-0.2, -0.15) is 4.31 Å². The molecule has 0 aromatic carbocycles. The number of halogens is 1. The summed E-state index contributed by atoms with van der Waals surface area (Å²) in [4.78, 5) is 17.9. The molecule has 0 saturated carbocycles. The van der Waals surface area contributed by atoms with Gasteiger partial charge in [-0.1, -0.05) is 0 Å². The van der Waals surface area contributed by atoms with Crippen molar-refractivity contribution in [2.45, 2.75) is 11.6 Å². The highest BCUT2D eigenvalue weighted by Gasteiger charge is 2.31. The van der Waals surface area contributed by atoms with Gasteiger partial charge in [-0.05, 0) is 40.2 Å². The number of carbonyl (C=O) groups excluding carboxylic acids is 1. The predicted octanol–water partition coefficient (Wildman–Crippen LogP) is 1.30. The van der Waals surface area contributed by atoms with E-state index < -0.39 is 15.9 Å². The summed E-state index contributed by atoms with van der Waals surface area (Å²) in [6.07, 6.45) is 3.91. The Morgan fingerprint density at radius 3 is 2.57 bits per heavy atom.